The van der Waals surface area contributed by atoms with Gasteiger partial charge in [-0.15, -0.1) is 0 Å². The Labute approximate surface area is 120 Å². The van der Waals surface area contributed by atoms with Crippen molar-refractivity contribution in [2.24, 2.45) is 5.92 Å². The summed E-state index contributed by atoms with van der Waals surface area (Å²) in [7, 11) is 0. The maximum Gasteiger partial charge on any atom is 0.321 e. The third-order valence-corrected chi connectivity index (χ3v) is 2.83. The van der Waals surface area contributed by atoms with Crippen molar-refractivity contribution in [3.8, 4) is 0 Å². The third kappa shape index (κ3) is 5.30. The van der Waals surface area contributed by atoms with E-state index in [-0.39, 0.29) is 12.5 Å². The van der Waals surface area contributed by atoms with Gasteiger partial charge in [-0.2, -0.15) is 0 Å². The molecule has 1 rings (SSSR count). The van der Waals surface area contributed by atoms with E-state index >= 15 is 0 Å². The van der Waals surface area contributed by atoms with E-state index < -0.39 is 6.03 Å². The van der Waals surface area contributed by atoms with Crippen LogP contribution in [0.1, 0.15) is 25.0 Å². The van der Waals surface area contributed by atoms with Crippen molar-refractivity contribution in [1.29, 1.82) is 0 Å². The van der Waals surface area contributed by atoms with Gasteiger partial charge in [0.2, 0.25) is 5.91 Å². The summed E-state index contributed by atoms with van der Waals surface area (Å²) < 4.78 is 0. The molecular weight excluding hydrogens is 254 g/mol. The average Bonchev–Trinajstić information content (AvgIpc) is 2.35. The highest BCUT2D eigenvalue weighted by atomic mass is 16.2. The number of carbonyl (C=O) groups excluding carboxylic acids is 2. The molecule has 5 nitrogen and oxygen atoms in total. The van der Waals surface area contributed by atoms with Gasteiger partial charge in [-0.25, -0.2) is 4.79 Å². The van der Waals surface area contributed by atoms with Crippen molar-refractivity contribution in [1.82, 2.24) is 10.6 Å². The van der Waals surface area contributed by atoms with Crippen LogP contribution in [0.15, 0.2) is 18.2 Å². The van der Waals surface area contributed by atoms with Crippen molar-refractivity contribution >= 4 is 17.6 Å². The second-order valence-corrected chi connectivity index (χ2v) is 5.27. The molecule has 1 aromatic rings. The van der Waals surface area contributed by atoms with E-state index in [0.29, 0.717) is 12.5 Å². The lowest BCUT2D eigenvalue weighted by molar-refractivity contribution is -0.118. The van der Waals surface area contributed by atoms with E-state index in [1.807, 2.05) is 45.9 Å². The first-order valence-electron chi connectivity index (χ1n) is 6.78. The van der Waals surface area contributed by atoms with E-state index in [4.69, 9.17) is 0 Å². The van der Waals surface area contributed by atoms with Gasteiger partial charge in [-0.1, -0.05) is 32.0 Å². The van der Waals surface area contributed by atoms with Crippen LogP contribution in [-0.2, 0) is 4.79 Å². The summed E-state index contributed by atoms with van der Waals surface area (Å²) in [6.07, 6.45) is 0. The van der Waals surface area contributed by atoms with Crippen molar-refractivity contribution in [2.45, 2.75) is 27.7 Å². The molecule has 0 fully saturated rings. The fourth-order valence-electron chi connectivity index (χ4n) is 1.77. The van der Waals surface area contributed by atoms with Gasteiger partial charge in [0.05, 0.1) is 6.54 Å². The van der Waals surface area contributed by atoms with Crippen molar-refractivity contribution < 1.29 is 9.59 Å². The van der Waals surface area contributed by atoms with Crippen molar-refractivity contribution in [3.05, 3.63) is 29.3 Å². The Hall–Kier alpha value is -2.04. The highest BCUT2D eigenvalue weighted by Gasteiger charge is 2.09. The smallest absolute Gasteiger partial charge is 0.321 e. The number of nitrogens with one attached hydrogen (secondary N) is 3. The van der Waals surface area contributed by atoms with Gasteiger partial charge in [-0.05, 0) is 30.9 Å². The van der Waals surface area contributed by atoms with E-state index in [0.717, 1.165) is 16.8 Å². The molecule has 1 aromatic carbocycles. The average molecular weight is 277 g/mol. The number of hydrogen-bond acceptors (Lipinski definition) is 3. The number of aryl methyl sites for hydroxylation is 2. The molecule has 110 valence electrons. The summed E-state index contributed by atoms with van der Waals surface area (Å²) in [5, 5.41) is 7.99. The molecule has 0 bridgehead atoms. The Morgan fingerprint density at radius 2 is 1.75 bits per heavy atom. The minimum atomic E-state index is -0.452. The van der Waals surface area contributed by atoms with Crippen LogP contribution < -0.4 is 16.0 Å². The van der Waals surface area contributed by atoms with E-state index in [2.05, 4.69) is 16.0 Å². The number of para-hydroxylation sites is 1. The zero-order valence-electron chi connectivity index (χ0n) is 12.5. The van der Waals surface area contributed by atoms with Gasteiger partial charge >= 0.3 is 6.03 Å². The lowest BCUT2D eigenvalue weighted by Gasteiger charge is -2.13. The molecule has 0 aliphatic carbocycles. The third-order valence-electron chi connectivity index (χ3n) is 2.83. The standard InChI is InChI=1S/C15H23N3O2/c1-10(2)8-17-15(20)18-13(19)9-16-14-11(3)6-5-7-12(14)4/h5-7,10,16H,8-9H2,1-4H3,(H2,17,18,19,20). The van der Waals surface area contributed by atoms with E-state index in [1.165, 1.54) is 0 Å². The number of urea groups is 1. The lowest BCUT2D eigenvalue weighted by atomic mass is 10.1. The van der Waals surface area contributed by atoms with Gasteiger partial charge in [-0.3, -0.25) is 10.1 Å². The molecule has 0 aliphatic heterocycles. The monoisotopic (exact) mass is 277 g/mol. The second-order valence-electron chi connectivity index (χ2n) is 5.27. The molecule has 0 heterocycles. The Morgan fingerprint density at radius 3 is 2.30 bits per heavy atom. The molecule has 0 saturated heterocycles. The Morgan fingerprint density at radius 1 is 1.15 bits per heavy atom. The predicted octanol–water partition coefficient (Wildman–Crippen LogP) is 2.20. The molecule has 0 spiro atoms. The van der Waals surface area contributed by atoms with Crippen LogP contribution >= 0.6 is 0 Å². The number of anilines is 1. The van der Waals surface area contributed by atoms with Crippen LogP contribution in [0.5, 0.6) is 0 Å². The highest BCUT2D eigenvalue weighted by molar-refractivity contribution is 5.96. The topological polar surface area (TPSA) is 70.2 Å². The Balaban J connectivity index is 2.42. The zero-order chi connectivity index (χ0) is 15.1. The molecule has 0 unspecified atom stereocenters. The molecule has 5 heteroatoms. The van der Waals surface area contributed by atoms with Gasteiger partial charge in [0, 0.05) is 12.2 Å². The molecule has 3 amide bonds. The summed E-state index contributed by atoms with van der Waals surface area (Å²) in [6, 6.07) is 5.47. The Bertz CT molecular complexity index is 464. The predicted molar refractivity (Wildman–Crippen MR) is 80.8 cm³/mol. The summed E-state index contributed by atoms with van der Waals surface area (Å²) in [5.41, 5.74) is 3.08. The molecule has 0 atom stereocenters. The summed E-state index contributed by atoms with van der Waals surface area (Å²) in [6.45, 7) is 8.55. The van der Waals surface area contributed by atoms with Gasteiger partial charge in [0.1, 0.15) is 0 Å². The number of rotatable bonds is 5. The largest absolute Gasteiger partial charge is 0.376 e. The van der Waals surface area contributed by atoms with Crippen molar-refractivity contribution in [2.75, 3.05) is 18.4 Å². The van der Waals surface area contributed by atoms with Crippen LogP contribution in [0.4, 0.5) is 10.5 Å². The molecule has 20 heavy (non-hydrogen) atoms. The van der Waals surface area contributed by atoms with Gasteiger partial charge in [0.25, 0.3) is 0 Å². The van der Waals surface area contributed by atoms with E-state index in [9.17, 15) is 9.59 Å². The summed E-state index contributed by atoms with van der Waals surface area (Å²) in [5.74, 6) is -0.00231. The second kappa shape index (κ2) is 7.53. The van der Waals surface area contributed by atoms with Crippen molar-refractivity contribution in [3.63, 3.8) is 0 Å². The first-order chi connectivity index (χ1) is 9.40. The maximum absolute atomic E-state index is 11.7. The number of hydrogen-bond donors (Lipinski definition) is 3. The first kappa shape index (κ1) is 16.0. The number of amides is 3. The molecule has 0 radical (unpaired) electrons. The number of benzene rings is 1. The van der Waals surface area contributed by atoms with Crippen LogP contribution in [0, 0.1) is 19.8 Å². The minimum Gasteiger partial charge on any atom is -0.376 e. The van der Waals surface area contributed by atoms with Crippen LogP contribution in [0.25, 0.3) is 0 Å². The molecule has 0 aliphatic rings. The summed E-state index contributed by atoms with van der Waals surface area (Å²) in [4.78, 5) is 23.1. The summed E-state index contributed by atoms with van der Waals surface area (Å²) >= 11 is 0. The molecular formula is C15H23N3O2. The Kier molecular flexibility index (Phi) is 6.03. The number of imide groups is 1. The number of carbonyl (C=O) groups is 2. The fourth-order valence-corrected chi connectivity index (χ4v) is 1.77. The lowest BCUT2D eigenvalue weighted by Crippen LogP contribution is -2.43. The molecule has 3 N–H and O–H groups in total. The van der Waals surface area contributed by atoms with Crippen LogP contribution in [0.2, 0.25) is 0 Å². The van der Waals surface area contributed by atoms with Gasteiger partial charge < -0.3 is 10.6 Å². The zero-order valence-corrected chi connectivity index (χ0v) is 12.5. The van der Waals surface area contributed by atoms with Gasteiger partial charge in [0.15, 0.2) is 0 Å². The SMILES string of the molecule is Cc1cccc(C)c1NCC(=O)NC(=O)NCC(C)C. The molecule has 0 aromatic heterocycles. The first-order valence-corrected chi connectivity index (χ1v) is 6.78. The normalized spacial score (nSPS) is 10.2. The maximum atomic E-state index is 11.7. The highest BCUT2D eigenvalue weighted by Crippen LogP contribution is 2.18. The van der Waals surface area contributed by atoms with Crippen LogP contribution in [-0.4, -0.2) is 25.0 Å². The minimum absolute atomic E-state index is 0.0702. The van der Waals surface area contributed by atoms with Crippen LogP contribution in [0.3, 0.4) is 0 Å². The molecule has 0 saturated carbocycles. The fraction of sp³-hybridized carbons (Fsp3) is 0.467. The van der Waals surface area contributed by atoms with E-state index in [1.54, 1.807) is 0 Å². The quantitative estimate of drug-likeness (QED) is 0.772.